The Labute approximate surface area is 171 Å². The number of ether oxygens (including phenoxy) is 1. The summed E-state index contributed by atoms with van der Waals surface area (Å²) < 4.78 is 33.8. The van der Waals surface area contributed by atoms with Crippen LogP contribution in [0.15, 0.2) is 35.2 Å². The first-order chi connectivity index (χ1) is 13.2. The standard InChI is InChI=1S/C18H18ClN3O4S2/c1-4-16(23)20-18-21-17-10(2)7-11(8-15(17)27-18)22-28(24,25)12-5-6-14(26-3)13(19)9-12/h5-9,22H,4H2,1-3H3,(H,20,21,23). The summed E-state index contributed by atoms with van der Waals surface area (Å²) in [6.07, 6.45) is 0.352. The summed E-state index contributed by atoms with van der Waals surface area (Å²) >= 11 is 7.32. The maximum absolute atomic E-state index is 12.7. The van der Waals surface area contributed by atoms with E-state index in [2.05, 4.69) is 15.0 Å². The number of sulfonamides is 1. The highest BCUT2D eigenvalue weighted by molar-refractivity contribution is 7.92. The van der Waals surface area contributed by atoms with Crippen LogP contribution in [0.2, 0.25) is 5.02 Å². The molecule has 0 bridgehead atoms. The number of rotatable bonds is 6. The van der Waals surface area contributed by atoms with Gasteiger partial charge in [0.15, 0.2) is 5.13 Å². The van der Waals surface area contributed by atoms with Crippen LogP contribution < -0.4 is 14.8 Å². The van der Waals surface area contributed by atoms with Crippen molar-refractivity contribution in [1.82, 2.24) is 4.98 Å². The second-order valence-corrected chi connectivity index (χ2v) is 9.08. The van der Waals surface area contributed by atoms with Crippen molar-refractivity contribution in [1.29, 1.82) is 0 Å². The van der Waals surface area contributed by atoms with Gasteiger partial charge in [0.25, 0.3) is 10.0 Å². The van der Waals surface area contributed by atoms with Gasteiger partial charge in [0.2, 0.25) is 5.91 Å². The van der Waals surface area contributed by atoms with E-state index in [1.807, 2.05) is 6.92 Å². The lowest BCUT2D eigenvalue weighted by molar-refractivity contribution is -0.115. The molecule has 0 radical (unpaired) electrons. The summed E-state index contributed by atoms with van der Waals surface area (Å²) in [5.74, 6) is 0.262. The molecule has 28 heavy (non-hydrogen) atoms. The Bertz CT molecular complexity index is 1160. The number of aromatic nitrogens is 1. The fourth-order valence-corrected chi connectivity index (χ4v) is 4.93. The van der Waals surface area contributed by atoms with Gasteiger partial charge < -0.3 is 10.1 Å². The molecule has 0 unspecified atom stereocenters. The summed E-state index contributed by atoms with van der Waals surface area (Å²) in [5.41, 5.74) is 1.90. The number of thiazole rings is 1. The van der Waals surface area contributed by atoms with E-state index in [0.29, 0.717) is 28.5 Å². The van der Waals surface area contributed by atoms with E-state index in [9.17, 15) is 13.2 Å². The van der Waals surface area contributed by atoms with E-state index in [1.54, 1.807) is 19.1 Å². The molecule has 1 amide bonds. The maximum atomic E-state index is 12.7. The summed E-state index contributed by atoms with van der Waals surface area (Å²) in [4.78, 5) is 16.0. The smallest absolute Gasteiger partial charge is 0.261 e. The Morgan fingerprint density at radius 1 is 1.29 bits per heavy atom. The van der Waals surface area contributed by atoms with Crippen LogP contribution in [0.1, 0.15) is 18.9 Å². The van der Waals surface area contributed by atoms with Gasteiger partial charge in [0.1, 0.15) is 5.75 Å². The van der Waals surface area contributed by atoms with Crippen LogP contribution in [-0.2, 0) is 14.8 Å². The minimum Gasteiger partial charge on any atom is -0.495 e. The molecule has 1 aromatic heterocycles. The predicted octanol–water partition coefficient (Wildman–Crippen LogP) is 4.42. The van der Waals surface area contributed by atoms with Gasteiger partial charge in [-0.05, 0) is 42.8 Å². The molecule has 0 aliphatic rings. The number of benzene rings is 2. The fraction of sp³-hybridized carbons (Fsp3) is 0.222. The van der Waals surface area contributed by atoms with E-state index >= 15 is 0 Å². The lowest BCUT2D eigenvalue weighted by atomic mass is 10.2. The highest BCUT2D eigenvalue weighted by atomic mass is 35.5. The molecule has 0 atom stereocenters. The van der Waals surface area contributed by atoms with Crippen LogP contribution in [0.3, 0.4) is 0 Å². The molecule has 7 nitrogen and oxygen atoms in total. The van der Waals surface area contributed by atoms with Crippen LogP contribution in [0.5, 0.6) is 5.75 Å². The normalized spacial score (nSPS) is 11.4. The number of carbonyl (C=O) groups is 1. The summed E-state index contributed by atoms with van der Waals surface area (Å²) in [6.45, 7) is 3.59. The van der Waals surface area contributed by atoms with Gasteiger partial charge in [0, 0.05) is 6.42 Å². The van der Waals surface area contributed by atoms with Gasteiger partial charge in [-0.25, -0.2) is 13.4 Å². The van der Waals surface area contributed by atoms with Crippen LogP contribution in [-0.4, -0.2) is 26.4 Å². The molecule has 0 spiro atoms. The monoisotopic (exact) mass is 439 g/mol. The lowest BCUT2D eigenvalue weighted by Gasteiger charge is -2.10. The minimum absolute atomic E-state index is 0.0243. The van der Waals surface area contributed by atoms with Gasteiger partial charge >= 0.3 is 0 Å². The van der Waals surface area contributed by atoms with Gasteiger partial charge in [-0.2, -0.15) is 0 Å². The first-order valence-electron chi connectivity index (χ1n) is 8.31. The Balaban J connectivity index is 1.93. The third-order valence-electron chi connectivity index (χ3n) is 3.94. The van der Waals surface area contributed by atoms with Gasteiger partial charge in [0.05, 0.1) is 32.9 Å². The van der Waals surface area contributed by atoms with Crippen molar-refractivity contribution in [3.05, 3.63) is 40.9 Å². The Hall–Kier alpha value is -2.36. The molecule has 148 valence electrons. The maximum Gasteiger partial charge on any atom is 0.261 e. The van der Waals surface area contributed by atoms with E-state index in [1.165, 1.54) is 36.6 Å². The molecule has 0 fully saturated rings. The number of aryl methyl sites for hydroxylation is 1. The molecule has 3 aromatic rings. The third-order valence-corrected chi connectivity index (χ3v) is 6.53. The number of methoxy groups -OCH3 is 1. The zero-order chi connectivity index (χ0) is 20.5. The average Bonchev–Trinajstić information content (AvgIpc) is 3.04. The molecule has 3 rings (SSSR count). The van der Waals surface area contributed by atoms with Crippen LogP contribution in [0.4, 0.5) is 10.8 Å². The van der Waals surface area contributed by atoms with E-state index in [0.717, 1.165) is 10.3 Å². The number of halogens is 1. The van der Waals surface area contributed by atoms with Crippen molar-refractivity contribution in [2.24, 2.45) is 0 Å². The number of anilines is 2. The van der Waals surface area contributed by atoms with Crippen LogP contribution in [0.25, 0.3) is 10.2 Å². The van der Waals surface area contributed by atoms with Crippen molar-refractivity contribution >= 4 is 59.9 Å². The van der Waals surface area contributed by atoms with Crippen molar-refractivity contribution < 1.29 is 17.9 Å². The third kappa shape index (κ3) is 4.21. The second-order valence-electron chi connectivity index (χ2n) is 5.96. The van der Waals surface area contributed by atoms with Gasteiger partial charge in [-0.15, -0.1) is 0 Å². The highest BCUT2D eigenvalue weighted by Gasteiger charge is 2.18. The molecule has 0 saturated carbocycles. The SMILES string of the molecule is CCC(=O)Nc1nc2c(C)cc(NS(=O)(=O)c3ccc(OC)c(Cl)c3)cc2s1. The molecule has 0 aliphatic heterocycles. The summed E-state index contributed by atoms with van der Waals surface area (Å²) in [5, 5.41) is 3.41. The number of nitrogens with zero attached hydrogens (tertiary/aromatic N) is 1. The zero-order valence-electron chi connectivity index (χ0n) is 15.4. The van der Waals surface area contributed by atoms with Crippen LogP contribution in [0, 0.1) is 6.92 Å². The number of hydrogen-bond donors (Lipinski definition) is 2. The van der Waals surface area contributed by atoms with Crippen molar-refractivity contribution in [2.75, 3.05) is 17.1 Å². The number of carbonyl (C=O) groups excluding carboxylic acids is 1. The molecule has 2 N–H and O–H groups in total. The molecule has 1 heterocycles. The number of nitrogens with one attached hydrogen (secondary N) is 2. The molecular weight excluding hydrogens is 422 g/mol. The fourth-order valence-electron chi connectivity index (χ4n) is 2.55. The molecule has 0 aliphatic carbocycles. The Morgan fingerprint density at radius 3 is 2.68 bits per heavy atom. The first-order valence-corrected chi connectivity index (χ1v) is 11.0. The van der Waals surface area contributed by atoms with Gasteiger partial charge in [-0.1, -0.05) is 29.9 Å². The minimum atomic E-state index is -3.84. The molecule has 10 heteroatoms. The topological polar surface area (TPSA) is 97.4 Å². The van der Waals surface area contributed by atoms with Crippen molar-refractivity contribution in [3.63, 3.8) is 0 Å². The average molecular weight is 440 g/mol. The first kappa shape index (κ1) is 20.4. The Morgan fingerprint density at radius 2 is 2.04 bits per heavy atom. The van der Waals surface area contributed by atoms with Crippen molar-refractivity contribution in [3.8, 4) is 5.75 Å². The quantitative estimate of drug-likeness (QED) is 0.592. The zero-order valence-corrected chi connectivity index (χ0v) is 17.8. The number of amides is 1. The second kappa shape index (κ2) is 7.94. The predicted molar refractivity (Wildman–Crippen MR) is 112 cm³/mol. The summed E-state index contributed by atoms with van der Waals surface area (Å²) in [7, 11) is -2.38. The molecular formula is C18H18ClN3O4S2. The lowest BCUT2D eigenvalue weighted by Crippen LogP contribution is -2.13. The highest BCUT2D eigenvalue weighted by Crippen LogP contribution is 2.33. The number of hydrogen-bond acceptors (Lipinski definition) is 6. The van der Waals surface area contributed by atoms with Gasteiger partial charge in [-0.3, -0.25) is 9.52 Å². The summed E-state index contributed by atoms with van der Waals surface area (Å²) in [6, 6.07) is 7.63. The van der Waals surface area contributed by atoms with E-state index < -0.39 is 10.0 Å². The van der Waals surface area contributed by atoms with E-state index in [4.69, 9.17) is 16.3 Å². The largest absolute Gasteiger partial charge is 0.495 e. The number of fused-ring (bicyclic) bond motifs is 1. The molecule has 2 aromatic carbocycles. The molecule has 0 saturated heterocycles. The van der Waals surface area contributed by atoms with Crippen molar-refractivity contribution in [2.45, 2.75) is 25.2 Å². The van der Waals surface area contributed by atoms with Crippen LogP contribution >= 0.6 is 22.9 Å². The Kier molecular flexibility index (Phi) is 5.78. The van der Waals surface area contributed by atoms with E-state index in [-0.39, 0.29) is 15.8 Å².